The Morgan fingerprint density at radius 1 is 1.29 bits per heavy atom. The van der Waals surface area contributed by atoms with E-state index in [2.05, 4.69) is 10.3 Å². The first-order valence-electron chi connectivity index (χ1n) is 6.26. The number of rotatable bonds is 2. The van der Waals surface area contributed by atoms with Gasteiger partial charge in [-0.15, -0.1) is 11.3 Å². The predicted molar refractivity (Wildman–Crippen MR) is 83.1 cm³/mol. The molecule has 3 rings (SSSR count). The molecule has 1 amide bonds. The number of anilines is 2. The monoisotopic (exact) mass is 301 g/mol. The molecule has 4 nitrogen and oxygen atoms in total. The molecule has 1 aromatic heterocycles. The van der Waals surface area contributed by atoms with Crippen molar-refractivity contribution in [2.24, 2.45) is 0 Å². The number of halogens is 1. The van der Waals surface area contributed by atoms with Crippen LogP contribution < -0.4 is 11.1 Å². The van der Waals surface area contributed by atoms with Crippen molar-refractivity contribution in [3.05, 3.63) is 52.8 Å². The third kappa shape index (κ3) is 2.85. The summed E-state index contributed by atoms with van der Waals surface area (Å²) in [6, 6.07) is 9.22. The SMILES string of the molecule is Cc1nc2ccc(NC(=O)c3cc(N)cc(F)c3)cc2s1. The summed E-state index contributed by atoms with van der Waals surface area (Å²) in [4.78, 5) is 16.5. The van der Waals surface area contributed by atoms with E-state index >= 15 is 0 Å². The Labute approximate surface area is 124 Å². The van der Waals surface area contributed by atoms with Crippen molar-refractivity contribution in [1.29, 1.82) is 0 Å². The molecule has 3 N–H and O–H groups in total. The number of aromatic nitrogens is 1. The molecule has 3 aromatic rings. The lowest BCUT2D eigenvalue weighted by molar-refractivity contribution is 0.102. The van der Waals surface area contributed by atoms with Crippen molar-refractivity contribution in [3.8, 4) is 0 Å². The highest BCUT2D eigenvalue weighted by molar-refractivity contribution is 7.18. The summed E-state index contributed by atoms with van der Waals surface area (Å²) in [6.07, 6.45) is 0. The minimum Gasteiger partial charge on any atom is -0.399 e. The normalized spacial score (nSPS) is 10.8. The zero-order valence-corrected chi connectivity index (χ0v) is 12.0. The quantitative estimate of drug-likeness (QED) is 0.711. The number of aryl methyl sites for hydroxylation is 1. The van der Waals surface area contributed by atoms with Crippen LogP contribution in [0.2, 0.25) is 0 Å². The van der Waals surface area contributed by atoms with Crippen LogP contribution in [0.15, 0.2) is 36.4 Å². The Kier molecular flexibility index (Phi) is 3.31. The number of benzene rings is 2. The van der Waals surface area contributed by atoms with Crippen LogP contribution >= 0.6 is 11.3 Å². The molecule has 106 valence electrons. The molecular weight excluding hydrogens is 289 g/mol. The molecule has 0 saturated carbocycles. The number of nitrogen functional groups attached to an aromatic ring is 1. The van der Waals surface area contributed by atoms with Crippen molar-refractivity contribution in [2.45, 2.75) is 6.92 Å². The van der Waals surface area contributed by atoms with Crippen LogP contribution in [0.3, 0.4) is 0 Å². The second-order valence-electron chi connectivity index (χ2n) is 4.64. The third-order valence-electron chi connectivity index (χ3n) is 2.94. The fourth-order valence-electron chi connectivity index (χ4n) is 2.06. The van der Waals surface area contributed by atoms with Gasteiger partial charge in [-0.25, -0.2) is 9.37 Å². The van der Waals surface area contributed by atoms with Gasteiger partial charge in [0.05, 0.1) is 15.2 Å². The average Bonchev–Trinajstić information content (AvgIpc) is 2.77. The van der Waals surface area contributed by atoms with E-state index in [0.29, 0.717) is 5.69 Å². The van der Waals surface area contributed by atoms with Crippen LogP contribution in [-0.4, -0.2) is 10.9 Å². The molecule has 0 bridgehead atoms. The van der Waals surface area contributed by atoms with E-state index in [1.807, 2.05) is 19.1 Å². The summed E-state index contributed by atoms with van der Waals surface area (Å²) in [5, 5.41) is 3.70. The van der Waals surface area contributed by atoms with E-state index in [-0.39, 0.29) is 11.3 Å². The molecular formula is C15H12FN3OS. The maximum absolute atomic E-state index is 13.3. The lowest BCUT2D eigenvalue weighted by Crippen LogP contribution is -2.12. The molecule has 21 heavy (non-hydrogen) atoms. The van der Waals surface area contributed by atoms with Gasteiger partial charge in [0.15, 0.2) is 0 Å². The molecule has 0 spiro atoms. The zero-order valence-electron chi connectivity index (χ0n) is 11.2. The van der Waals surface area contributed by atoms with E-state index in [4.69, 9.17) is 5.73 Å². The van der Waals surface area contributed by atoms with Gasteiger partial charge in [-0.1, -0.05) is 0 Å². The fraction of sp³-hybridized carbons (Fsp3) is 0.0667. The first kappa shape index (κ1) is 13.5. The lowest BCUT2D eigenvalue weighted by atomic mass is 10.1. The van der Waals surface area contributed by atoms with E-state index in [1.165, 1.54) is 12.1 Å². The standard InChI is InChI=1S/C15H12FN3OS/c1-8-18-13-3-2-12(7-14(13)21-8)19-15(20)9-4-10(16)6-11(17)5-9/h2-7H,17H2,1H3,(H,19,20). The highest BCUT2D eigenvalue weighted by Gasteiger charge is 2.09. The molecule has 0 saturated heterocycles. The maximum Gasteiger partial charge on any atom is 0.255 e. The number of carbonyl (C=O) groups excluding carboxylic acids is 1. The van der Waals surface area contributed by atoms with E-state index in [0.717, 1.165) is 21.3 Å². The van der Waals surface area contributed by atoms with Gasteiger partial charge in [0.1, 0.15) is 5.82 Å². The molecule has 0 aliphatic heterocycles. The van der Waals surface area contributed by atoms with Crippen molar-refractivity contribution in [3.63, 3.8) is 0 Å². The Bertz CT molecular complexity index is 824. The molecule has 0 atom stereocenters. The van der Waals surface area contributed by atoms with Gasteiger partial charge in [-0.3, -0.25) is 4.79 Å². The van der Waals surface area contributed by atoms with Crippen molar-refractivity contribution in [2.75, 3.05) is 11.1 Å². The zero-order chi connectivity index (χ0) is 15.0. The topological polar surface area (TPSA) is 68.0 Å². The Morgan fingerprint density at radius 2 is 2.10 bits per heavy atom. The predicted octanol–water partition coefficient (Wildman–Crippen LogP) is 3.58. The minimum absolute atomic E-state index is 0.188. The number of fused-ring (bicyclic) bond motifs is 1. The molecule has 0 fully saturated rings. The summed E-state index contributed by atoms with van der Waals surface area (Å²) in [7, 11) is 0. The van der Waals surface area contributed by atoms with Gasteiger partial charge >= 0.3 is 0 Å². The number of thiazole rings is 1. The van der Waals surface area contributed by atoms with Crippen LogP contribution in [0.25, 0.3) is 10.2 Å². The maximum atomic E-state index is 13.3. The summed E-state index contributed by atoms with van der Waals surface area (Å²) >= 11 is 1.55. The average molecular weight is 301 g/mol. The number of hydrogen-bond acceptors (Lipinski definition) is 4. The van der Waals surface area contributed by atoms with Gasteiger partial charge in [0, 0.05) is 16.9 Å². The van der Waals surface area contributed by atoms with Gasteiger partial charge < -0.3 is 11.1 Å². The first-order valence-corrected chi connectivity index (χ1v) is 7.07. The summed E-state index contributed by atoms with van der Waals surface area (Å²) in [5.74, 6) is -0.935. The third-order valence-corrected chi connectivity index (χ3v) is 3.87. The smallest absolute Gasteiger partial charge is 0.255 e. The molecule has 0 aliphatic carbocycles. The number of carbonyl (C=O) groups is 1. The number of nitrogens with zero attached hydrogens (tertiary/aromatic N) is 1. The molecule has 0 radical (unpaired) electrons. The highest BCUT2D eigenvalue weighted by atomic mass is 32.1. The van der Waals surface area contributed by atoms with Crippen LogP contribution in [0, 0.1) is 12.7 Å². The van der Waals surface area contributed by atoms with E-state index < -0.39 is 11.7 Å². The highest BCUT2D eigenvalue weighted by Crippen LogP contribution is 2.25. The van der Waals surface area contributed by atoms with Crippen LogP contribution in [-0.2, 0) is 0 Å². The lowest BCUT2D eigenvalue weighted by Gasteiger charge is -2.06. The fourth-order valence-corrected chi connectivity index (χ4v) is 2.93. The second kappa shape index (κ2) is 5.14. The Balaban J connectivity index is 1.88. The van der Waals surface area contributed by atoms with E-state index in [9.17, 15) is 9.18 Å². The van der Waals surface area contributed by atoms with Crippen molar-refractivity contribution < 1.29 is 9.18 Å². The minimum atomic E-state index is -0.534. The summed E-state index contributed by atoms with van der Waals surface area (Å²) in [6.45, 7) is 1.93. The second-order valence-corrected chi connectivity index (χ2v) is 5.88. The largest absolute Gasteiger partial charge is 0.399 e. The molecule has 0 aliphatic rings. The van der Waals surface area contributed by atoms with Gasteiger partial charge in [-0.2, -0.15) is 0 Å². The summed E-state index contributed by atoms with van der Waals surface area (Å²) < 4.78 is 14.3. The van der Waals surface area contributed by atoms with Crippen LogP contribution in [0.5, 0.6) is 0 Å². The molecule has 2 aromatic carbocycles. The number of nitrogens with one attached hydrogen (secondary N) is 1. The van der Waals surface area contributed by atoms with Crippen molar-refractivity contribution >= 4 is 38.8 Å². The molecule has 1 heterocycles. The Morgan fingerprint density at radius 3 is 2.86 bits per heavy atom. The molecule has 0 unspecified atom stereocenters. The van der Waals surface area contributed by atoms with Crippen LogP contribution in [0.4, 0.5) is 15.8 Å². The number of amides is 1. The van der Waals surface area contributed by atoms with Gasteiger partial charge in [0.2, 0.25) is 0 Å². The van der Waals surface area contributed by atoms with Crippen LogP contribution in [0.1, 0.15) is 15.4 Å². The number of nitrogens with two attached hydrogens (primary N) is 1. The van der Waals surface area contributed by atoms with Gasteiger partial charge in [-0.05, 0) is 43.3 Å². The molecule has 6 heteroatoms. The first-order chi connectivity index (χ1) is 10.0. The number of hydrogen-bond donors (Lipinski definition) is 2. The van der Waals surface area contributed by atoms with Crippen molar-refractivity contribution in [1.82, 2.24) is 4.98 Å². The Hall–Kier alpha value is -2.47. The van der Waals surface area contributed by atoms with Gasteiger partial charge in [0.25, 0.3) is 5.91 Å². The summed E-state index contributed by atoms with van der Waals surface area (Å²) in [5.41, 5.74) is 7.48. The van der Waals surface area contributed by atoms with E-state index in [1.54, 1.807) is 17.4 Å².